The first-order valence-electron chi connectivity index (χ1n) is 9.69. The van der Waals surface area contributed by atoms with Crippen LogP contribution in [0.4, 0.5) is 5.69 Å². The summed E-state index contributed by atoms with van der Waals surface area (Å²) in [7, 11) is 0. The largest absolute Gasteiger partial charge is 0.485 e. The summed E-state index contributed by atoms with van der Waals surface area (Å²) in [5.41, 5.74) is 5.00. The molecule has 0 aliphatic heterocycles. The van der Waals surface area contributed by atoms with Crippen molar-refractivity contribution in [3.05, 3.63) is 64.5 Å². The molecule has 1 amide bonds. The number of nitrogens with one attached hydrogen (secondary N) is 1. The monoisotopic (exact) mass is 425 g/mol. The summed E-state index contributed by atoms with van der Waals surface area (Å²) in [6.07, 6.45) is 0. The Morgan fingerprint density at radius 3 is 2.53 bits per heavy atom. The molecule has 3 aromatic rings. The van der Waals surface area contributed by atoms with Crippen LogP contribution in [-0.2, 0) is 11.4 Å². The van der Waals surface area contributed by atoms with Crippen molar-refractivity contribution < 1.29 is 9.53 Å². The SMILES string of the molecule is Cc1ccc(C)c(NC(=O)C(C)Sc2nnc(COc3c(C)cccc3C)n2N)c1. The standard InChI is InChI=1S/C22H27N5O2S/c1-13-9-10-14(2)18(11-13)24-21(28)17(5)30-22-26-25-19(27(22)23)12-29-20-15(3)7-6-8-16(20)4/h6-11,17H,12,23H2,1-5H3,(H,24,28). The fourth-order valence-corrected chi connectivity index (χ4v) is 3.76. The molecule has 7 nitrogen and oxygen atoms in total. The molecule has 1 aromatic heterocycles. The van der Waals surface area contributed by atoms with Crippen molar-refractivity contribution in [1.29, 1.82) is 0 Å². The molecule has 1 unspecified atom stereocenters. The number of rotatable bonds is 7. The van der Waals surface area contributed by atoms with Crippen LogP contribution in [0.15, 0.2) is 41.6 Å². The maximum absolute atomic E-state index is 12.6. The third kappa shape index (κ3) is 4.94. The number of aromatic nitrogens is 3. The van der Waals surface area contributed by atoms with Crippen molar-refractivity contribution in [2.45, 2.75) is 51.6 Å². The van der Waals surface area contributed by atoms with Crippen molar-refractivity contribution in [1.82, 2.24) is 14.9 Å². The average molecular weight is 426 g/mol. The third-order valence-electron chi connectivity index (χ3n) is 4.79. The first-order valence-corrected chi connectivity index (χ1v) is 10.6. The molecule has 3 rings (SSSR count). The molecule has 0 aliphatic carbocycles. The van der Waals surface area contributed by atoms with Crippen LogP contribution in [0.25, 0.3) is 0 Å². The summed E-state index contributed by atoms with van der Waals surface area (Å²) in [6, 6.07) is 11.9. The molecule has 30 heavy (non-hydrogen) atoms. The molecule has 3 N–H and O–H groups in total. The quantitative estimate of drug-likeness (QED) is 0.440. The van der Waals surface area contributed by atoms with E-state index in [1.165, 1.54) is 16.4 Å². The van der Waals surface area contributed by atoms with Crippen LogP contribution in [0.5, 0.6) is 5.75 Å². The highest BCUT2D eigenvalue weighted by molar-refractivity contribution is 8.00. The molecule has 0 fully saturated rings. The second-order valence-electron chi connectivity index (χ2n) is 7.35. The van der Waals surface area contributed by atoms with Gasteiger partial charge in [0.25, 0.3) is 0 Å². The summed E-state index contributed by atoms with van der Waals surface area (Å²) in [5.74, 6) is 7.33. The van der Waals surface area contributed by atoms with Crippen molar-refractivity contribution >= 4 is 23.4 Å². The molecular weight excluding hydrogens is 398 g/mol. The number of amides is 1. The topological polar surface area (TPSA) is 95.1 Å². The number of para-hydroxylation sites is 1. The minimum Gasteiger partial charge on any atom is -0.485 e. The fourth-order valence-electron chi connectivity index (χ4n) is 2.97. The molecular formula is C22H27N5O2S. The Morgan fingerprint density at radius 1 is 1.13 bits per heavy atom. The van der Waals surface area contributed by atoms with Crippen molar-refractivity contribution in [3.8, 4) is 5.75 Å². The van der Waals surface area contributed by atoms with Crippen LogP contribution in [-0.4, -0.2) is 26.0 Å². The van der Waals surface area contributed by atoms with E-state index < -0.39 is 5.25 Å². The Bertz CT molecular complexity index is 1040. The normalized spacial score (nSPS) is 11.9. The lowest BCUT2D eigenvalue weighted by molar-refractivity contribution is -0.115. The highest BCUT2D eigenvalue weighted by Gasteiger charge is 2.20. The molecule has 158 valence electrons. The molecule has 0 radical (unpaired) electrons. The minimum atomic E-state index is -0.399. The second-order valence-corrected chi connectivity index (χ2v) is 8.65. The van der Waals surface area contributed by atoms with Crippen LogP contribution in [0.1, 0.15) is 35.0 Å². The van der Waals surface area contributed by atoms with Crippen LogP contribution >= 0.6 is 11.8 Å². The van der Waals surface area contributed by atoms with E-state index in [1.54, 1.807) is 0 Å². The first-order chi connectivity index (χ1) is 14.3. The zero-order valence-electron chi connectivity index (χ0n) is 17.9. The number of aryl methyl sites for hydroxylation is 4. The van der Waals surface area contributed by atoms with E-state index in [1.807, 2.05) is 71.0 Å². The lowest BCUT2D eigenvalue weighted by atomic mass is 10.1. The van der Waals surface area contributed by atoms with Gasteiger partial charge < -0.3 is 15.9 Å². The lowest BCUT2D eigenvalue weighted by Gasteiger charge is -2.14. The Morgan fingerprint density at radius 2 is 1.83 bits per heavy atom. The number of carbonyl (C=O) groups excluding carboxylic acids is 1. The zero-order valence-corrected chi connectivity index (χ0v) is 18.7. The Labute approximate surface area is 181 Å². The summed E-state index contributed by atoms with van der Waals surface area (Å²) >= 11 is 1.25. The Hall–Kier alpha value is -3.00. The van der Waals surface area contributed by atoms with Gasteiger partial charge in [0.1, 0.15) is 12.4 Å². The van der Waals surface area contributed by atoms with Crippen LogP contribution in [0.3, 0.4) is 0 Å². The van der Waals surface area contributed by atoms with E-state index in [0.29, 0.717) is 11.0 Å². The van der Waals surface area contributed by atoms with Crippen LogP contribution in [0, 0.1) is 27.7 Å². The van der Waals surface area contributed by atoms with Crippen LogP contribution in [0.2, 0.25) is 0 Å². The maximum atomic E-state index is 12.6. The Kier molecular flexibility index (Phi) is 6.66. The summed E-state index contributed by atoms with van der Waals surface area (Å²) in [4.78, 5) is 12.6. The third-order valence-corrected chi connectivity index (χ3v) is 5.85. The number of ether oxygens (including phenoxy) is 1. The number of hydrogen-bond acceptors (Lipinski definition) is 6. The highest BCUT2D eigenvalue weighted by Crippen LogP contribution is 2.25. The summed E-state index contributed by atoms with van der Waals surface area (Å²) < 4.78 is 7.29. The van der Waals surface area contributed by atoms with E-state index in [0.717, 1.165) is 33.7 Å². The van der Waals surface area contributed by atoms with E-state index in [-0.39, 0.29) is 12.5 Å². The summed E-state index contributed by atoms with van der Waals surface area (Å²) in [5, 5.41) is 11.3. The van der Waals surface area contributed by atoms with Gasteiger partial charge in [-0.25, -0.2) is 4.68 Å². The predicted molar refractivity (Wildman–Crippen MR) is 120 cm³/mol. The van der Waals surface area contributed by atoms with E-state index in [9.17, 15) is 4.79 Å². The molecule has 0 bridgehead atoms. The van der Waals surface area contributed by atoms with Gasteiger partial charge in [-0.15, -0.1) is 10.2 Å². The Balaban J connectivity index is 1.64. The average Bonchev–Trinajstić information content (AvgIpc) is 3.04. The first kappa shape index (κ1) is 21.7. The van der Waals surface area contributed by atoms with Gasteiger partial charge >= 0.3 is 0 Å². The van der Waals surface area contributed by atoms with E-state index in [4.69, 9.17) is 10.6 Å². The van der Waals surface area contributed by atoms with E-state index in [2.05, 4.69) is 15.5 Å². The molecule has 0 saturated carbocycles. The van der Waals surface area contributed by atoms with Gasteiger partial charge in [0.05, 0.1) is 5.25 Å². The molecule has 1 heterocycles. The number of nitrogens with two attached hydrogens (primary N) is 1. The molecule has 0 spiro atoms. The maximum Gasteiger partial charge on any atom is 0.237 e. The van der Waals surface area contributed by atoms with Gasteiger partial charge in [0, 0.05) is 5.69 Å². The number of nitrogens with zero attached hydrogens (tertiary/aromatic N) is 3. The molecule has 2 aromatic carbocycles. The number of hydrogen-bond donors (Lipinski definition) is 2. The number of carbonyl (C=O) groups is 1. The lowest BCUT2D eigenvalue weighted by Crippen LogP contribution is -2.24. The van der Waals surface area contributed by atoms with Gasteiger partial charge in [-0.1, -0.05) is 42.1 Å². The zero-order chi connectivity index (χ0) is 21.8. The molecule has 8 heteroatoms. The fraction of sp³-hybridized carbons (Fsp3) is 0.318. The molecule has 0 saturated heterocycles. The summed E-state index contributed by atoms with van der Waals surface area (Å²) in [6.45, 7) is 9.95. The van der Waals surface area contributed by atoms with Crippen LogP contribution < -0.4 is 15.9 Å². The minimum absolute atomic E-state index is 0.120. The number of thioether (sulfide) groups is 1. The van der Waals surface area contributed by atoms with Gasteiger partial charge in [-0.2, -0.15) is 0 Å². The van der Waals surface area contributed by atoms with Gasteiger partial charge in [0.2, 0.25) is 11.1 Å². The molecule has 1 atom stereocenters. The van der Waals surface area contributed by atoms with Crippen molar-refractivity contribution in [3.63, 3.8) is 0 Å². The van der Waals surface area contributed by atoms with Gasteiger partial charge in [0.15, 0.2) is 5.82 Å². The number of anilines is 1. The number of benzene rings is 2. The highest BCUT2D eigenvalue weighted by atomic mass is 32.2. The number of nitrogen functional groups attached to an aromatic ring is 1. The van der Waals surface area contributed by atoms with E-state index >= 15 is 0 Å². The second kappa shape index (κ2) is 9.21. The van der Waals surface area contributed by atoms with Gasteiger partial charge in [-0.05, 0) is 62.9 Å². The molecule has 0 aliphatic rings. The van der Waals surface area contributed by atoms with Crippen molar-refractivity contribution in [2.24, 2.45) is 0 Å². The predicted octanol–water partition coefficient (Wildman–Crippen LogP) is 3.92. The van der Waals surface area contributed by atoms with Crippen molar-refractivity contribution in [2.75, 3.05) is 11.2 Å². The smallest absolute Gasteiger partial charge is 0.237 e. The van der Waals surface area contributed by atoms with Gasteiger partial charge in [-0.3, -0.25) is 4.79 Å².